The van der Waals surface area contributed by atoms with Crippen molar-refractivity contribution in [3.63, 3.8) is 0 Å². The largest absolute Gasteiger partial charge is 0.256 e. The highest BCUT2D eigenvalue weighted by molar-refractivity contribution is 5.86. The second-order valence-corrected chi connectivity index (χ2v) is 27.4. The van der Waals surface area contributed by atoms with Crippen molar-refractivity contribution in [3.05, 3.63) is 251 Å². The van der Waals surface area contributed by atoms with Crippen molar-refractivity contribution in [2.24, 2.45) is 5.41 Å². The van der Waals surface area contributed by atoms with E-state index in [0.29, 0.717) is 16.2 Å². The minimum absolute atomic E-state index is 0.261. The molecule has 7 aliphatic carbocycles. The zero-order valence-corrected chi connectivity index (χ0v) is 49.4. The highest BCUT2D eigenvalue weighted by Crippen LogP contribution is 2.81. The molecule has 10 aromatic rings. The van der Waals surface area contributed by atoms with Crippen LogP contribution >= 0.6 is 0 Å². The van der Waals surface area contributed by atoms with Gasteiger partial charge in [-0.05, 0) is 210 Å². The molecular formula is C82H74N2. The topological polar surface area (TPSA) is 25.8 Å². The fraction of sp³-hybridized carbons (Fsp3) is 0.293. The van der Waals surface area contributed by atoms with Crippen LogP contribution in [0.1, 0.15) is 148 Å². The first-order valence-electron chi connectivity index (χ1n) is 32.0. The van der Waals surface area contributed by atoms with Crippen LogP contribution in [0, 0.1) is 19.3 Å². The van der Waals surface area contributed by atoms with E-state index in [1.165, 1.54) is 155 Å². The monoisotopic (exact) mass is 1090 g/mol. The number of rotatable bonds is 10. The summed E-state index contributed by atoms with van der Waals surface area (Å²) < 4.78 is 0. The molecule has 0 N–H and O–H groups in total. The van der Waals surface area contributed by atoms with Gasteiger partial charge in [0.25, 0.3) is 0 Å². The summed E-state index contributed by atoms with van der Waals surface area (Å²) >= 11 is 0. The molecule has 84 heavy (non-hydrogen) atoms. The third-order valence-corrected chi connectivity index (χ3v) is 24.0. The SMILES string of the molecule is CCC(CC)(c1cc(C)cc(C)c1)c1c(-c2ccc(-c3ccc(-c4ccc5c(c4)C46CCCC4(CCC6)c4ccccc4-5)cc3)nc2)cccc1-c1ccc(-c2ccc(-c3ccc4c(c3)C35CCC6(CCC3(C6)c3ccccc3-4)C5)cc2)nc1. The molecule has 3 atom stereocenters. The summed E-state index contributed by atoms with van der Waals surface area (Å²) in [7, 11) is 0. The van der Waals surface area contributed by atoms with Crippen LogP contribution in [0.5, 0.6) is 0 Å². The number of benzene rings is 8. The molecule has 5 saturated carbocycles. The van der Waals surface area contributed by atoms with Crippen LogP contribution in [0.3, 0.4) is 0 Å². The predicted octanol–water partition coefficient (Wildman–Crippen LogP) is 21.2. The molecule has 0 saturated heterocycles. The Kier molecular flexibility index (Phi) is 11.0. The lowest BCUT2D eigenvalue weighted by atomic mass is 9.51. The standard InChI is InChI=1S/C82H74N2/c1-5-78(6-2,63-45-53(3)44-54(4)46-63)76-64(61-30-34-74(83-49-61)57-24-20-55(21-25-57)59-28-32-68-66-14-7-9-18-70(66)79-36-12-38-80(79,39-13-37-79)72(68)47-59)16-11-17-65(76)62-31-35-75(84-50-62)58-26-22-56(23-27-58)60-29-33-69-67-15-8-10-19-71(67)81-42-40-77(51-81)41-43-82(81,52-77)73(69)48-60/h7-11,14-35,44-50H,5-6,12-13,36-43,51-52H2,1-4H3. The maximum Gasteiger partial charge on any atom is 0.0702 e. The minimum Gasteiger partial charge on any atom is -0.256 e. The van der Waals surface area contributed by atoms with E-state index in [1.54, 1.807) is 22.3 Å². The van der Waals surface area contributed by atoms with Crippen LogP contribution in [-0.4, -0.2) is 9.97 Å². The van der Waals surface area contributed by atoms with Crippen molar-refractivity contribution >= 4 is 0 Å². The minimum atomic E-state index is -0.265. The molecule has 0 radical (unpaired) electrons. The van der Waals surface area contributed by atoms with Crippen LogP contribution in [-0.2, 0) is 27.1 Å². The molecule has 8 aromatic carbocycles. The van der Waals surface area contributed by atoms with Crippen molar-refractivity contribution in [1.29, 1.82) is 0 Å². The second kappa shape index (κ2) is 18.3. The van der Waals surface area contributed by atoms with Gasteiger partial charge in [-0.2, -0.15) is 0 Å². The first-order chi connectivity index (χ1) is 41.1. The van der Waals surface area contributed by atoms with Gasteiger partial charge in [0.15, 0.2) is 0 Å². The van der Waals surface area contributed by atoms with E-state index < -0.39 is 0 Å². The smallest absolute Gasteiger partial charge is 0.0702 e. The van der Waals surface area contributed by atoms with Crippen molar-refractivity contribution in [2.75, 3.05) is 0 Å². The summed E-state index contributed by atoms with van der Waals surface area (Å²) in [5.74, 6) is 0. The van der Waals surface area contributed by atoms with Gasteiger partial charge in [0.2, 0.25) is 0 Å². The quantitative estimate of drug-likeness (QED) is 0.136. The van der Waals surface area contributed by atoms with Gasteiger partial charge in [0.1, 0.15) is 0 Å². The maximum absolute atomic E-state index is 5.28. The number of aryl methyl sites for hydroxylation is 2. The second-order valence-electron chi connectivity index (χ2n) is 27.4. The molecule has 0 aliphatic heterocycles. The van der Waals surface area contributed by atoms with Crippen LogP contribution in [0.2, 0.25) is 0 Å². The summed E-state index contributed by atoms with van der Waals surface area (Å²) in [4.78, 5) is 10.5. The van der Waals surface area contributed by atoms with Gasteiger partial charge in [-0.25, -0.2) is 0 Å². The molecule has 17 rings (SSSR count). The third-order valence-electron chi connectivity index (χ3n) is 24.0. The fourth-order valence-electron chi connectivity index (χ4n) is 20.4. The van der Waals surface area contributed by atoms with Crippen molar-refractivity contribution < 1.29 is 0 Å². The van der Waals surface area contributed by atoms with Crippen molar-refractivity contribution in [3.8, 4) is 89.3 Å². The zero-order chi connectivity index (χ0) is 56.2. The van der Waals surface area contributed by atoms with Gasteiger partial charge in [0, 0.05) is 61.7 Å². The Morgan fingerprint density at radius 1 is 0.345 bits per heavy atom. The Labute approximate surface area is 497 Å². The van der Waals surface area contributed by atoms with Crippen LogP contribution in [0.4, 0.5) is 0 Å². The zero-order valence-electron chi connectivity index (χ0n) is 49.4. The van der Waals surface area contributed by atoms with Gasteiger partial charge >= 0.3 is 0 Å². The van der Waals surface area contributed by atoms with Gasteiger partial charge in [0.05, 0.1) is 11.4 Å². The number of hydrogen-bond acceptors (Lipinski definition) is 2. The Morgan fingerprint density at radius 3 is 1.24 bits per heavy atom. The maximum atomic E-state index is 5.28. The van der Waals surface area contributed by atoms with Crippen LogP contribution in [0.25, 0.3) is 89.3 Å². The molecule has 3 spiro atoms. The average Bonchev–Trinajstić information content (AvgIpc) is 2.37. The average molecular weight is 1090 g/mol. The summed E-state index contributed by atoms with van der Waals surface area (Å²) in [6.45, 7) is 9.23. The molecule has 2 aromatic heterocycles. The summed E-state index contributed by atoms with van der Waals surface area (Å²) in [5, 5.41) is 0. The molecule has 3 unspecified atom stereocenters. The Balaban J connectivity index is 0.687. The van der Waals surface area contributed by atoms with Crippen molar-refractivity contribution in [2.45, 2.75) is 145 Å². The Morgan fingerprint density at radius 2 is 0.750 bits per heavy atom. The predicted molar refractivity (Wildman–Crippen MR) is 347 cm³/mol. The van der Waals surface area contributed by atoms with E-state index in [2.05, 4.69) is 234 Å². The summed E-state index contributed by atoms with van der Waals surface area (Å²) in [5.41, 5.74) is 33.2. The molecule has 2 nitrogen and oxygen atoms in total. The third kappa shape index (κ3) is 6.86. The summed E-state index contributed by atoms with van der Waals surface area (Å²) in [6, 6.07) is 75.2. The molecule has 7 aliphatic rings. The van der Waals surface area contributed by atoms with E-state index in [9.17, 15) is 0 Å². The first-order valence-corrected chi connectivity index (χ1v) is 32.0. The summed E-state index contributed by atoms with van der Waals surface area (Å²) in [6.07, 6.45) is 22.3. The molecule has 412 valence electrons. The molecule has 2 heterocycles. The molecule has 3 bridgehead atoms. The van der Waals surface area contributed by atoms with Crippen LogP contribution in [0.15, 0.2) is 207 Å². The fourth-order valence-corrected chi connectivity index (χ4v) is 20.4. The number of aromatic nitrogens is 2. The lowest BCUT2D eigenvalue weighted by molar-refractivity contribution is 0.231. The normalized spacial score (nSPS) is 24.4. The van der Waals surface area contributed by atoms with Gasteiger partial charge in [-0.3, -0.25) is 9.97 Å². The molecule has 5 fully saturated rings. The highest BCUT2D eigenvalue weighted by Gasteiger charge is 2.73. The van der Waals surface area contributed by atoms with Gasteiger partial charge < -0.3 is 0 Å². The molecular weight excluding hydrogens is 1010 g/mol. The Hall–Kier alpha value is -7.94. The lowest BCUT2D eigenvalue weighted by Gasteiger charge is -2.51. The van der Waals surface area contributed by atoms with E-state index >= 15 is 0 Å². The van der Waals surface area contributed by atoms with E-state index in [0.717, 1.165) is 46.5 Å². The van der Waals surface area contributed by atoms with Crippen molar-refractivity contribution in [1.82, 2.24) is 9.97 Å². The number of pyridine rings is 2. The number of fused-ring (bicyclic) bond motifs is 6. The van der Waals surface area contributed by atoms with E-state index in [-0.39, 0.29) is 16.2 Å². The van der Waals surface area contributed by atoms with E-state index in [1.807, 2.05) is 0 Å². The number of hydrogen-bond donors (Lipinski definition) is 0. The number of nitrogens with zero attached hydrogens (tertiary/aromatic N) is 2. The first kappa shape index (κ1) is 50.6. The lowest BCUT2D eigenvalue weighted by Crippen LogP contribution is -2.47. The van der Waals surface area contributed by atoms with Crippen LogP contribution < -0.4 is 0 Å². The molecule has 0 amide bonds. The van der Waals surface area contributed by atoms with Gasteiger partial charge in [-0.1, -0.05) is 208 Å². The van der Waals surface area contributed by atoms with Gasteiger partial charge in [-0.15, -0.1) is 0 Å². The van der Waals surface area contributed by atoms with E-state index in [4.69, 9.17) is 9.97 Å². The Bertz CT molecular complexity index is 4280. The molecule has 2 heteroatoms. The highest BCUT2D eigenvalue weighted by atomic mass is 14.8.